The predicted octanol–water partition coefficient (Wildman–Crippen LogP) is 1.17. The van der Waals surface area contributed by atoms with Crippen LogP contribution in [0.5, 0.6) is 0 Å². The van der Waals surface area contributed by atoms with Crippen molar-refractivity contribution in [2.24, 2.45) is 11.7 Å². The summed E-state index contributed by atoms with van der Waals surface area (Å²) < 4.78 is 0. The van der Waals surface area contributed by atoms with E-state index in [1.807, 2.05) is 44.2 Å². The molecular formula is C15H22N2O3. The summed E-state index contributed by atoms with van der Waals surface area (Å²) in [6, 6.07) is 7.55. The molecule has 1 rings (SSSR count). The number of carboxylic acids is 1. The van der Waals surface area contributed by atoms with Crippen LogP contribution < -0.4 is 11.1 Å². The smallest absolute Gasteiger partial charge is 0.326 e. The Bertz CT molecular complexity index is 448. The number of amides is 1. The molecule has 0 heterocycles. The second-order valence-electron chi connectivity index (χ2n) is 5.00. The van der Waals surface area contributed by atoms with E-state index in [-0.39, 0.29) is 12.3 Å². The molecule has 110 valence electrons. The summed E-state index contributed by atoms with van der Waals surface area (Å²) in [6.07, 6.45) is 1.01. The lowest BCUT2D eigenvalue weighted by molar-refractivity contribution is -0.142. The number of benzene rings is 1. The predicted molar refractivity (Wildman–Crippen MR) is 77.1 cm³/mol. The molecule has 1 amide bonds. The molecular weight excluding hydrogens is 256 g/mol. The van der Waals surface area contributed by atoms with E-state index in [2.05, 4.69) is 5.32 Å². The quantitative estimate of drug-likeness (QED) is 0.698. The van der Waals surface area contributed by atoms with E-state index < -0.39 is 24.0 Å². The summed E-state index contributed by atoms with van der Waals surface area (Å²) in [5.41, 5.74) is 6.67. The van der Waals surface area contributed by atoms with Crippen LogP contribution >= 0.6 is 0 Å². The van der Waals surface area contributed by atoms with Crippen LogP contribution in [0.2, 0.25) is 0 Å². The molecule has 0 fully saturated rings. The lowest BCUT2D eigenvalue weighted by atomic mass is 9.98. The zero-order chi connectivity index (χ0) is 15.1. The van der Waals surface area contributed by atoms with Gasteiger partial charge in [0.05, 0.1) is 6.04 Å². The first-order chi connectivity index (χ1) is 9.45. The lowest BCUT2D eigenvalue weighted by Crippen LogP contribution is -2.51. The Morgan fingerprint density at radius 3 is 2.40 bits per heavy atom. The van der Waals surface area contributed by atoms with Crippen molar-refractivity contribution in [2.75, 3.05) is 0 Å². The molecule has 5 nitrogen and oxygen atoms in total. The first-order valence-electron chi connectivity index (χ1n) is 6.78. The molecule has 1 aromatic rings. The van der Waals surface area contributed by atoms with Crippen molar-refractivity contribution in [3.63, 3.8) is 0 Å². The Kier molecular flexibility index (Phi) is 6.18. The fourth-order valence-corrected chi connectivity index (χ4v) is 1.83. The van der Waals surface area contributed by atoms with Crippen molar-refractivity contribution in [2.45, 2.75) is 38.8 Å². The zero-order valence-corrected chi connectivity index (χ0v) is 11.9. The van der Waals surface area contributed by atoms with E-state index >= 15 is 0 Å². The second-order valence-corrected chi connectivity index (χ2v) is 5.00. The van der Waals surface area contributed by atoms with Crippen molar-refractivity contribution in [1.82, 2.24) is 5.32 Å². The highest BCUT2D eigenvalue weighted by molar-refractivity contribution is 5.87. The topological polar surface area (TPSA) is 92.4 Å². The SMILES string of the molecule is CCC(C)C(N)C(=O)N[C@H](Cc1ccccc1)C(=O)O. The molecule has 0 aliphatic carbocycles. The highest BCUT2D eigenvalue weighted by Gasteiger charge is 2.25. The van der Waals surface area contributed by atoms with E-state index in [9.17, 15) is 14.7 Å². The molecule has 0 saturated carbocycles. The van der Waals surface area contributed by atoms with Gasteiger partial charge in [0.15, 0.2) is 0 Å². The van der Waals surface area contributed by atoms with E-state index in [1.165, 1.54) is 0 Å². The minimum atomic E-state index is -1.06. The first kappa shape index (κ1) is 16.2. The summed E-state index contributed by atoms with van der Waals surface area (Å²) in [7, 11) is 0. The van der Waals surface area contributed by atoms with Gasteiger partial charge in [-0.25, -0.2) is 4.79 Å². The van der Waals surface area contributed by atoms with Crippen molar-refractivity contribution in [3.05, 3.63) is 35.9 Å². The van der Waals surface area contributed by atoms with Crippen LogP contribution in [0.1, 0.15) is 25.8 Å². The molecule has 0 saturated heterocycles. The molecule has 3 atom stereocenters. The van der Waals surface area contributed by atoms with Crippen molar-refractivity contribution >= 4 is 11.9 Å². The van der Waals surface area contributed by atoms with E-state index in [0.29, 0.717) is 0 Å². The van der Waals surface area contributed by atoms with Gasteiger partial charge in [0.2, 0.25) is 5.91 Å². The Morgan fingerprint density at radius 1 is 1.30 bits per heavy atom. The number of hydrogen-bond donors (Lipinski definition) is 3. The average Bonchev–Trinajstić information content (AvgIpc) is 2.45. The average molecular weight is 278 g/mol. The van der Waals surface area contributed by atoms with Crippen LogP contribution in [0.4, 0.5) is 0 Å². The number of nitrogens with one attached hydrogen (secondary N) is 1. The summed E-state index contributed by atoms with van der Waals surface area (Å²) in [5.74, 6) is -1.46. The van der Waals surface area contributed by atoms with Gasteiger partial charge in [-0.1, -0.05) is 50.6 Å². The fourth-order valence-electron chi connectivity index (χ4n) is 1.83. The Balaban J connectivity index is 2.68. The highest BCUT2D eigenvalue weighted by atomic mass is 16.4. The molecule has 0 aromatic heterocycles. The standard InChI is InChI=1S/C15H22N2O3/c1-3-10(2)13(16)14(18)17-12(15(19)20)9-11-7-5-4-6-8-11/h4-8,10,12-13H,3,9,16H2,1-2H3,(H,17,18)(H,19,20)/t10?,12-,13?/m1/s1. The Hall–Kier alpha value is -1.88. The van der Waals surface area contributed by atoms with Gasteiger partial charge in [0, 0.05) is 6.42 Å². The monoisotopic (exact) mass is 278 g/mol. The van der Waals surface area contributed by atoms with Crippen LogP contribution in [0.15, 0.2) is 30.3 Å². The van der Waals surface area contributed by atoms with Crippen LogP contribution in [-0.2, 0) is 16.0 Å². The number of carbonyl (C=O) groups is 2. The Morgan fingerprint density at radius 2 is 1.90 bits per heavy atom. The maximum absolute atomic E-state index is 11.9. The number of hydrogen-bond acceptors (Lipinski definition) is 3. The third-order valence-electron chi connectivity index (χ3n) is 3.46. The molecule has 1 aromatic carbocycles. The third kappa shape index (κ3) is 4.66. The zero-order valence-electron chi connectivity index (χ0n) is 11.9. The van der Waals surface area contributed by atoms with Gasteiger partial charge >= 0.3 is 5.97 Å². The maximum Gasteiger partial charge on any atom is 0.326 e. The fraction of sp³-hybridized carbons (Fsp3) is 0.467. The summed E-state index contributed by atoms with van der Waals surface area (Å²) in [6.45, 7) is 3.81. The van der Waals surface area contributed by atoms with Gasteiger partial charge in [0.25, 0.3) is 0 Å². The van der Waals surface area contributed by atoms with Gasteiger partial charge in [-0.3, -0.25) is 4.79 Å². The third-order valence-corrected chi connectivity index (χ3v) is 3.46. The lowest BCUT2D eigenvalue weighted by Gasteiger charge is -2.21. The first-order valence-corrected chi connectivity index (χ1v) is 6.78. The number of nitrogens with two attached hydrogens (primary N) is 1. The second kappa shape index (κ2) is 7.65. The van der Waals surface area contributed by atoms with Gasteiger partial charge in [-0.2, -0.15) is 0 Å². The maximum atomic E-state index is 11.9. The van der Waals surface area contributed by atoms with Crippen LogP contribution in [0.25, 0.3) is 0 Å². The highest BCUT2D eigenvalue weighted by Crippen LogP contribution is 2.07. The van der Waals surface area contributed by atoms with Crippen molar-refractivity contribution in [1.29, 1.82) is 0 Å². The van der Waals surface area contributed by atoms with Crippen LogP contribution in [0.3, 0.4) is 0 Å². The molecule has 0 radical (unpaired) electrons. The van der Waals surface area contributed by atoms with Crippen LogP contribution in [-0.4, -0.2) is 29.1 Å². The molecule has 5 heteroatoms. The normalized spacial score (nSPS) is 15.2. The molecule has 4 N–H and O–H groups in total. The molecule has 0 aliphatic rings. The number of carboxylic acid groups (broad SMARTS) is 1. The molecule has 0 aliphatic heterocycles. The van der Waals surface area contributed by atoms with Gasteiger partial charge in [-0.05, 0) is 11.5 Å². The van der Waals surface area contributed by atoms with Gasteiger partial charge in [-0.15, -0.1) is 0 Å². The summed E-state index contributed by atoms with van der Waals surface area (Å²) in [5, 5.41) is 11.7. The Labute approximate surface area is 119 Å². The number of carbonyl (C=O) groups excluding carboxylic acids is 1. The van der Waals surface area contributed by atoms with Gasteiger partial charge < -0.3 is 16.2 Å². The van der Waals surface area contributed by atoms with Crippen molar-refractivity contribution in [3.8, 4) is 0 Å². The van der Waals surface area contributed by atoms with Gasteiger partial charge in [0.1, 0.15) is 6.04 Å². The minimum absolute atomic E-state index is 0.0150. The molecule has 20 heavy (non-hydrogen) atoms. The molecule has 0 bridgehead atoms. The molecule has 2 unspecified atom stereocenters. The summed E-state index contributed by atoms with van der Waals surface area (Å²) in [4.78, 5) is 23.2. The van der Waals surface area contributed by atoms with E-state index in [0.717, 1.165) is 12.0 Å². The minimum Gasteiger partial charge on any atom is -0.480 e. The number of aliphatic carboxylic acids is 1. The largest absolute Gasteiger partial charge is 0.480 e. The van der Waals surface area contributed by atoms with E-state index in [4.69, 9.17) is 5.73 Å². The van der Waals surface area contributed by atoms with Crippen molar-refractivity contribution < 1.29 is 14.7 Å². The molecule has 0 spiro atoms. The van der Waals surface area contributed by atoms with Crippen LogP contribution in [0, 0.1) is 5.92 Å². The number of rotatable bonds is 7. The summed E-state index contributed by atoms with van der Waals surface area (Å²) >= 11 is 0. The van der Waals surface area contributed by atoms with E-state index in [1.54, 1.807) is 0 Å².